The van der Waals surface area contributed by atoms with Gasteiger partial charge in [-0.25, -0.2) is 13.1 Å². The SMILES string of the molecule is COc1cc(C)c(S(=O)(=O)NCCN2CCNCC2)cc1C(C)C. The van der Waals surface area contributed by atoms with Gasteiger partial charge in [0.1, 0.15) is 5.75 Å². The molecule has 1 saturated heterocycles. The summed E-state index contributed by atoms with van der Waals surface area (Å²) >= 11 is 0. The van der Waals surface area contributed by atoms with Gasteiger partial charge in [0.15, 0.2) is 0 Å². The molecule has 1 aromatic rings. The van der Waals surface area contributed by atoms with E-state index in [9.17, 15) is 8.42 Å². The number of hydrogen-bond donors (Lipinski definition) is 2. The summed E-state index contributed by atoms with van der Waals surface area (Å²) in [5.41, 5.74) is 1.61. The molecule has 2 N–H and O–H groups in total. The van der Waals surface area contributed by atoms with E-state index in [1.54, 1.807) is 26.2 Å². The smallest absolute Gasteiger partial charge is 0.240 e. The van der Waals surface area contributed by atoms with Crippen molar-refractivity contribution in [3.8, 4) is 5.75 Å². The van der Waals surface area contributed by atoms with Gasteiger partial charge in [-0.1, -0.05) is 13.8 Å². The Kier molecular flexibility index (Phi) is 6.62. The summed E-state index contributed by atoms with van der Waals surface area (Å²) in [4.78, 5) is 2.60. The second-order valence-electron chi connectivity index (χ2n) is 6.50. The van der Waals surface area contributed by atoms with E-state index in [0.29, 0.717) is 17.0 Å². The van der Waals surface area contributed by atoms with Gasteiger partial charge < -0.3 is 10.1 Å². The summed E-state index contributed by atoms with van der Waals surface area (Å²) in [6.45, 7) is 10.9. The molecule has 0 spiro atoms. The molecular weight excluding hydrogens is 326 g/mol. The minimum atomic E-state index is -3.52. The van der Waals surface area contributed by atoms with Gasteiger partial charge in [0.2, 0.25) is 10.0 Å². The van der Waals surface area contributed by atoms with Crippen molar-refractivity contribution in [3.05, 3.63) is 23.3 Å². The molecule has 1 aromatic carbocycles. The standard InChI is InChI=1S/C17H29N3O3S/c1-13(2)15-12-17(14(3)11-16(15)23-4)24(21,22)19-7-10-20-8-5-18-6-9-20/h11-13,18-19H,5-10H2,1-4H3. The maximum absolute atomic E-state index is 12.7. The molecule has 0 unspecified atom stereocenters. The highest BCUT2D eigenvalue weighted by atomic mass is 32.2. The number of piperazine rings is 1. The highest BCUT2D eigenvalue weighted by Gasteiger charge is 2.21. The normalized spacial score (nSPS) is 16.5. The highest BCUT2D eigenvalue weighted by molar-refractivity contribution is 7.89. The van der Waals surface area contributed by atoms with Crippen LogP contribution in [-0.2, 0) is 10.0 Å². The fourth-order valence-electron chi connectivity index (χ4n) is 2.95. The zero-order valence-corrected chi connectivity index (χ0v) is 15.9. The Bertz CT molecular complexity index is 653. The molecule has 0 atom stereocenters. The largest absolute Gasteiger partial charge is 0.496 e. The van der Waals surface area contributed by atoms with E-state index in [4.69, 9.17) is 4.74 Å². The average Bonchev–Trinajstić information content (AvgIpc) is 2.54. The first-order chi connectivity index (χ1) is 11.3. The van der Waals surface area contributed by atoms with Crippen molar-refractivity contribution in [2.75, 3.05) is 46.4 Å². The van der Waals surface area contributed by atoms with Crippen LogP contribution in [0.2, 0.25) is 0 Å². The third kappa shape index (κ3) is 4.69. The van der Waals surface area contributed by atoms with Gasteiger partial charge in [-0.2, -0.15) is 0 Å². The quantitative estimate of drug-likeness (QED) is 0.772. The highest BCUT2D eigenvalue weighted by Crippen LogP contribution is 2.31. The number of ether oxygens (including phenoxy) is 1. The van der Waals surface area contributed by atoms with Crippen LogP contribution < -0.4 is 14.8 Å². The molecule has 0 aromatic heterocycles. The maximum Gasteiger partial charge on any atom is 0.240 e. The van der Waals surface area contributed by atoms with Crippen LogP contribution in [0.1, 0.15) is 30.9 Å². The molecule has 1 fully saturated rings. The van der Waals surface area contributed by atoms with E-state index < -0.39 is 10.0 Å². The molecule has 0 saturated carbocycles. The minimum absolute atomic E-state index is 0.190. The predicted molar refractivity (Wildman–Crippen MR) is 96.3 cm³/mol. The van der Waals surface area contributed by atoms with Crippen LogP contribution in [0.4, 0.5) is 0 Å². The molecule has 6 nitrogen and oxygen atoms in total. The van der Waals surface area contributed by atoms with Crippen molar-refractivity contribution in [2.45, 2.75) is 31.6 Å². The van der Waals surface area contributed by atoms with E-state index in [-0.39, 0.29) is 5.92 Å². The van der Waals surface area contributed by atoms with Crippen LogP contribution in [-0.4, -0.2) is 59.7 Å². The van der Waals surface area contributed by atoms with E-state index in [1.807, 2.05) is 13.8 Å². The van der Waals surface area contributed by atoms with Gasteiger partial charge in [-0.15, -0.1) is 0 Å². The Morgan fingerprint density at radius 3 is 2.54 bits per heavy atom. The third-order valence-electron chi connectivity index (χ3n) is 4.37. The lowest BCUT2D eigenvalue weighted by atomic mass is 10.0. The van der Waals surface area contributed by atoms with E-state index in [0.717, 1.165) is 44.0 Å². The molecule has 1 heterocycles. The first-order valence-corrected chi connectivity index (χ1v) is 9.94. The fraction of sp³-hybridized carbons (Fsp3) is 0.647. The third-order valence-corrected chi connectivity index (χ3v) is 5.97. The number of sulfonamides is 1. The van der Waals surface area contributed by atoms with Gasteiger partial charge in [-0.05, 0) is 36.1 Å². The van der Waals surface area contributed by atoms with Gasteiger partial charge in [0.05, 0.1) is 12.0 Å². The van der Waals surface area contributed by atoms with E-state index in [2.05, 4.69) is 14.9 Å². The Balaban J connectivity index is 2.11. The molecule has 2 rings (SSSR count). The number of aryl methyl sites for hydroxylation is 1. The zero-order chi connectivity index (χ0) is 17.7. The summed E-state index contributed by atoms with van der Waals surface area (Å²) < 4.78 is 33.5. The van der Waals surface area contributed by atoms with Crippen LogP contribution in [0.15, 0.2) is 17.0 Å². The summed E-state index contributed by atoms with van der Waals surface area (Å²) in [6, 6.07) is 3.55. The minimum Gasteiger partial charge on any atom is -0.496 e. The van der Waals surface area contributed by atoms with Gasteiger partial charge in [-0.3, -0.25) is 4.90 Å². The number of nitrogens with zero attached hydrogens (tertiary/aromatic N) is 1. The molecule has 136 valence electrons. The molecule has 24 heavy (non-hydrogen) atoms. The van der Waals surface area contributed by atoms with E-state index >= 15 is 0 Å². The molecule has 1 aliphatic heterocycles. The molecular formula is C17H29N3O3S. The molecule has 0 amide bonds. The Hall–Kier alpha value is -1.15. The summed E-state index contributed by atoms with van der Waals surface area (Å²) in [7, 11) is -1.91. The molecule has 0 radical (unpaired) electrons. The second kappa shape index (κ2) is 8.29. The number of benzene rings is 1. The lowest BCUT2D eigenvalue weighted by Gasteiger charge is -2.27. The van der Waals surface area contributed by atoms with E-state index in [1.165, 1.54) is 0 Å². The number of rotatable bonds is 7. The van der Waals surface area contributed by atoms with Gasteiger partial charge >= 0.3 is 0 Å². The molecule has 7 heteroatoms. The first-order valence-electron chi connectivity index (χ1n) is 8.46. The first kappa shape index (κ1) is 19.2. The lowest BCUT2D eigenvalue weighted by Crippen LogP contribution is -2.46. The molecule has 0 bridgehead atoms. The average molecular weight is 356 g/mol. The summed E-state index contributed by atoms with van der Waals surface area (Å²) in [5.74, 6) is 0.928. The zero-order valence-electron chi connectivity index (χ0n) is 15.1. The van der Waals surface area contributed by atoms with Crippen molar-refractivity contribution in [2.24, 2.45) is 0 Å². The van der Waals surface area contributed by atoms with Crippen molar-refractivity contribution >= 4 is 10.0 Å². The van der Waals surface area contributed by atoms with Gasteiger partial charge in [0.25, 0.3) is 0 Å². The summed E-state index contributed by atoms with van der Waals surface area (Å²) in [5, 5.41) is 3.29. The summed E-state index contributed by atoms with van der Waals surface area (Å²) in [6.07, 6.45) is 0. The Labute approximate surface area is 145 Å². The number of nitrogens with one attached hydrogen (secondary N) is 2. The Morgan fingerprint density at radius 2 is 1.96 bits per heavy atom. The number of methoxy groups -OCH3 is 1. The van der Waals surface area contributed by atoms with Gasteiger partial charge in [0, 0.05) is 39.3 Å². The Morgan fingerprint density at radius 1 is 1.29 bits per heavy atom. The number of hydrogen-bond acceptors (Lipinski definition) is 5. The fourth-order valence-corrected chi connectivity index (χ4v) is 4.23. The monoisotopic (exact) mass is 355 g/mol. The molecule has 0 aliphatic carbocycles. The van der Waals surface area contributed by atoms with Crippen LogP contribution in [0.3, 0.4) is 0 Å². The topological polar surface area (TPSA) is 70.7 Å². The lowest BCUT2D eigenvalue weighted by molar-refractivity contribution is 0.245. The van der Waals surface area contributed by atoms with Crippen molar-refractivity contribution in [1.82, 2.24) is 14.9 Å². The second-order valence-corrected chi connectivity index (χ2v) is 8.24. The van der Waals surface area contributed by atoms with Crippen molar-refractivity contribution in [3.63, 3.8) is 0 Å². The van der Waals surface area contributed by atoms with Crippen LogP contribution >= 0.6 is 0 Å². The maximum atomic E-state index is 12.7. The van der Waals surface area contributed by atoms with Crippen LogP contribution in [0.5, 0.6) is 5.75 Å². The molecule has 1 aliphatic rings. The van der Waals surface area contributed by atoms with Crippen molar-refractivity contribution in [1.29, 1.82) is 0 Å². The van der Waals surface area contributed by atoms with Crippen LogP contribution in [0, 0.1) is 6.92 Å². The van der Waals surface area contributed by atoms with Crippen LogP contribution in [0.25, 0.3) is 0 Å². The predicted octanol–water partition coefficient (Wildman–Crippen LogP) is 1.31. The van der Waals surface area contributed by atoms with Crippen molar-refractivity contribution < 1.29 is 13.2 Å².